The fourth-order valence-corrected chi connectivity index (χ4v) is 3.63. The van der Waals surface area contributed by atoms with Gasteiger partial charge in [0.2, 0.25) is 0 Å². The molecule has 3 aromatic rings. The quantitative estimate of drug-likeness (QED) is 0.254. The van der Waals surface area contributed by atoms with Gasteiger partial charge in [-0.05, 0) is 54.8 Å². The Morgan fingerprint density at radius 3 is 2.13 bits per heavy atom. The number of hydrogen-bond acceptors (Lipinski definition) is 4. The molecule has 0 aliphatic carbocycles. The second-order valence-electron chi connectivity index (χ2n) is 8.59. The van der Waals surface area contributed by atoms with Crippen molar-refractivity contribution in [1.29, 1.82) is 0 Å². The molecular weight excluding hydrogens is 530 g/mol. The van der Waals surface area contributed by atoms with Crippen molar-refractivity contribution in [2.45, 2.75) is 44.1 Å². The number of aromatic nitrogens is 1. The van der Waals surface area contributed by atoms with Gasteiger partial charge in [-0.1, -0.05) is 24.3 Å². The van der Waals surface area contributed by atoms with Crippen LogP contribution >= 0.6 is 0 Å². The van der Waals surface area contributed by atoms with Gasteiger partial charge in [0.15, 0.2) is 0 Å². The largest absolute Gasteiger partial charge is 0.484 e. The van der Waals surface area contributed by atoms with E-state index in [9.17, 15) is 35.9 Å². The molecular formula is C27H24F6N2O4. The van der Waals surface area contributed by atoms with Gasteiger partial charge in [-0.15, -0.1) is 0 Å². The van der Waals surface area contributed by atoms with Gasteiger partial charge in [-0.3, -0.25) is 14.6 Å². The third kappa shape index (κ3) is 9.31. The molecule has 0 spiro atoms. The van der Waals surface area contributed by atoms with Crippen LogP contribution in [-0.2, 0) is 11.0 Å². The van der Waals surface area contributed by atoms with Gasteiger partial charge < -0.3 is 15.2 Å². The van der Waals surface area contributed by atoms with Crippen LogP contribution in [0.2, 0.25) is 0 Å². The minimum Gasteiger partial charge on any atom is -0.484 e. The lowest BCUT2D eigenvalue weighted by atomic mass is 10.0. The summed E-state index contributed by atoms with van der Waals surface area (Å²) < 4.78 is 82.5. The van der Waals surface area contributed by atoms with Crippen LogP contribution in [0, 0.1) is 0 Å². The number of nitrogens with zero attached hydrogens (tertiary/aromatic N) is 1. The van der Waals surface area contributed by atoms with Gasteiger partial charge in [-0.2, -0.15) is 26.3 Å². The molecule has 6 nitrogen and oxygen atoms in total. The molecule has 0 bridgehead atoms. The summed E-state index contributed by atoms with van der Waals surface area (Å²) in [5.74, 6) is -1.33. The number of carboxylic acid groups (broad SMARTS) is 1. The standard InChI is InChI=1S/C27H24F6N2O4/c28-26(29,30)14-1-2-23(18-3-5-19(6-4-18)25(38)34-15-13-24(36)37)39-21-11-12-22(35-16-21)17-7-9-20(10-8-17)27(31,32)33/h3-12,16,23H,1-2,13-15H2,(H,34,38)(H,36,37). The number of aliphatic carboxylic acids is 1. The van der Waals surface area contributed by atoms with Gasteiger partial charge in [-0.25, -0.2) is 0 Å². The highest BCUT2D eigenvalue weighted by atomic mass is 19.4. The highest BCUT2D eigenvalue weighted by Crippen LogP contribution is 2.32. The van der Waals surface area contributed by atoms with E-state index in [1.807, 2.05) is 0 Å². The first-order valence-electron chi connectivity index (χ1n) is 11.8. The number of halogens is 6. The third-order valence-electron chi connectivity index (χ3n) is 5.62. The predicted octanol–water partition coefficient (Wildman–Crippen LogP) is 6.82. The van der Waals surface area contributed by atoms with E-state index in [1.54, 1.807) is 0 Å². The number of alkyl halides is 6. The molecule has 1 atom stereocenters. The Kier molecular flexibility index (Phi) is 9.55. The number of carbonyl (C=O) groups excluding carboxylic acids is 1. The molecule has 208 valence electrons. The van der Waals surface area contributed by atoms with Crippen molar-refractivity contribution in [2.24, 2.45) is 0 Å². The van der Waals surface area contributed by atoms with Crippen LogP contribution in [0.15, 0.2) is 66.9 Å². The normalized spacial score (nSPS) is 12.6. The fourth-order valence-electron chi connectivity index (χ4n) is 3.63. The number of carbonyl (C=O) groups is 2. The molecule has 0 aliphatic rings. The highest BCUT2D eigenvalue weighted by Gasteiger charge is 2.30. The first-order chi connectivity index (χ1) is 18.3. The van der Waals surface area contributed by atoms with E-state index >= 15 is 0 Å². The molecule has 1 unspecified atom stereocenters. The molecule has 0 radical (unpaired) electrons. The van der Waals surface area contributed by atoms with Crippen molar-refractivity contribution in [3.8, 4) is 17.0 Å². The number of rotatable bonds is 11. The minimum absolute atomic E-state index is 0.00429. The Labute approximate surface area is 219 Å². The maximum atomic E-state index is 12.8. The average Bonchev–Trinajstić information content (AvgIpc) is 2.87. The van der Waals surface area contributed by atoms with Crippen molar-refractivity contribution in [1.82, 2.24) is 10.3 Å². The molecule has 2 N–H and O–H groups in total. The Morgan fingerprint density at radius 2 is 1.59 bits per heavy atom. The summed E-state index contributed by atoms with van der Waals surface area (Å²) in [7, 11) is 0. The lowest BCUT2D eigenvalue weighted by Crippen LogP contribution is -2.26. The van der Waals surface area contributed by atoms with E-state index in [2.05, 4.69) is 10.3 Å². The summed E-state index contributed by atoms with van der Waals surface area (Å²) in [6.45, 7) is -0.0609. The van der Waals surface area contributed by atoms with Crippen LogP contribution in [0.3, 0.4) is 0 Å². The second kappa shape index (κ2) is 12.6. The van der Waals surface area contributed by atoms with Crippen molar-refractivity contribution < 1.29 is 45.8 Å². The lowest BCUT2D eigenvalue weighted by molar-refractivity contribution is -0.138. The maximum absolute atomic E-state index is 12.8. The van der Waals surface area contributed by atoms with E-state index in [4.69, 9.17) is 9.84 Å². The van der Waals surface area contributed by atoms with Crippen molar-refractivity contribution >= 4 is 11.9 Å². The Balaban J connectivity index is 1.73. The van der Waals surface area contributed by atoms with Crippen LogP contribution in [-0.4, -0.2) is 34.7 Å². The summed E-state index contributed by atoms with van der Waals surface area (Å²) in [6.07, 6.45) is -9.76. The first-order valence-corrected chi connectivity index (χ1v) is 11.8. The molecule has 0 fully saturated rings. The zero-order valence-electron chi connectivity index (χ0n) is 20.4. The van der Waals surface area contributed by atoms with Gasteiger partial charge in [0.1, 0.15) is 11.9 Å². The molecule has 0 aliphatic heterocycles. The molecule has 12 heteroatoms. The monoisotopic (exact) mass is 554 g/mol. The number of pyridine rings is 1. The molecule has 39 heavy (non-hydrogen) atoms. The van der Waals surface area contributed by atoms with E-state index in [-0.39, 0.29) is 37.1 Å². The van der Waals surface area contributed by atoms with E-state index < -0.39 is 42.3 Å². The van der Waals surface area contributed by atoms with Crippen LogP contribution in [0.4, 0.5) is 26.3 Å². The minimum atomic E-state index is -4.47. The van der Waals surface area contributed by atoms with Gasteiger partial charge >= 0.3 is 18.3 Å². The SMILES string of the molecule is O=C(O)CCNC(=O)c1ccc(C(CCCC(F)(F)F)Oc2ccc(-c3ccc(C(F)(F)F)cc3)nc2)cc1. The zero-order valence-corrected chi connectivity index (χ0v) is 20.4. The van der Waals surface area contributed by atoms with Crippen molar-refractivity contribution in [2.75, 3.05) is 6.54 Å². The van der Waals surface area contributed by atoms with Crippen LogP contribution < -0.4 is 10.1 Å². The molecule has 0 saturated carbocycles. The average molecular weight is 554 g/mol. The number of nitrogens with one attached hydrogen (secondary N) is 1. The summed E-state index contributed by atoms with van der Waals surface area (Å²) in [4.78, 5) is 27.0. The lowest BCUT2D eigenvalue weighted by Gasteiger charge is -2.20. The van der Waals surface area contributed by atoms with Crippen molar-refractivity contribution in [3.05, 3.63) is 83.6 Å². The van der Waals surface area contributed by atoms with E-state index in [1.165, 1.54) is 54.7 Å². The second-order valence-corrected chi connectivity index (χ2v) is 8.59. The summed E-state index contributed by atoms with van der Waals surface area (Å²) >= 11 is 0. The third-order valence-corrected chi connectivity index (χ3v) is 5.62. The smallest absolute Gasteiger partial charge is 0.416 e. The number of benzene rings is 2. The topological polar surface area (TPSA) is 88.5 Å². The zero-order chi connectivity index (χ0) is 28.6. The summed E-state index contributed by atoms with van der Waals surface area (Å²) in [5, 5.41) is 11.1. The van der Waals surface area contributed by atoms with Gasteiger partial charge in [0.25, 0.3) is 5.91 Å². The molecule has 1 heterocycles. The summed E-state index contributed by atoms with van der Waals surface area (Å²) in [6, 6.07) is 13.5. The predicted molar refractivity (Wildman–Crippen MR) is 129 cm³/mol. The first kappa shape index (κ1) is 29.5. The molecule has 2 aromatic carbocycles. The fraction of sp³-hybridized carbons (Fsp3) is 0.296. The van der Waals surface area contributed by atoms with Crippen LogP contribution in [0.1, 0.15) is 53.3 Å². The molecule has 0 saturated heterocycles. The van der Waals surface area contributed by atoms with E-state index in [0.29, 0.717) is 16.8 Å². The molecule has 1 amide bonds. The van der Waals surface area contributed by atoms with Crippen molar-refractivity contribution in [3.63, 3.8) is 0 Å². The molecule has 1 aromatic heterocycles. The Hall–Kier alpha value is -4.09. The maximum Gasteiger partial charge on any atom is 0.416 e. The summed E-state index contributed by atoms with van der Waals surface area (Å²) in [5.41, 5.74) is 0.764. The van der Waals surface area contributed by atoms with Crippen LogP contribution in [0.5, 0.6) is 5.75 Å². The Morgan fingerprint density at radius 1 is 0.923 bits per heavy atom. The number of hydrogen-bond donors (Lipinski definition) is 2. The van der Waals surface area contributed by atoms with Gasteiger partial charge in [0.05, 0.1) is 23.9 Å². The van der Waals surface area contributed by atoms with Crippen LogP contribution in [0.25, 0.3) is 11.3 Å². The van der Waals surface area contributed by atoms with E-state index in [0.717, 1.165) is 12.1 Å². The number of amides is 1. The Bertz CT molecular complexity index is 1240. The molecule has 3 rings (SSSR count). The number of ether oxygens (including phenoxy) is 1. The van der Waals surface area contributed by atoms with Gasteiger partial charge in [0, 0.05) is 24.1 Å². The highest BCUT2D eigenvalue weighted by molar-refractivity contribution is 5.94. The number of carboxylic acids is 1.